The summed E-state index contributed by atoms with van der Waals surface area (Å²) in [6.07, 6.45) is 1.71. The molecular weight excluding hydrogens is 356 g/mol. The molecule has 0 aliphatic carbocycles. The summed E-state index contributed by atoms with van der Waals surface area (Å²) in [5.41, 5.74) is 7.78. The summed E-state index contributed by atoms with van der Waals surface area (Å²) >= 11 is 0. The van der Waals surface area contributed by atoms with Gasteiger partial charge in [0.15, 0.2) is 0 Å². The molecular formula is C22H28N2O4. The van der Waals surface area contributed by atoms with Crippen molar-refractivity contribution in [1.82, 2.24) is 5.32 Å². The van der Waals surface area contributed by atoms with Gasteiger partial charge in [-0.15, -0.1) is 0 Å². The minimum Gasteiger partial charge on any atom is -0.497 e. The summed E-state index contributed by atoms with van der Waals surface area (Å²) in [6, 6.07) is 15.5. The largest absolute Gasteiger partial charge is 0.497 e. The molecule has 1 aliphatic rings. The van der Waals surface area contributed by atoms with Crippen molar-refractivity contribution in [2.75, 3.05) is 20.8 Å². The van der Waals surface area contributed by atoms with Gasteiger partial charge in [-0.05, 0) is 54.7 Å². The molecule has 6 nitrogen and oxygen atoms in total. The quantitative estimate of drug-likeness (QED) is 0.731. The summed E-state index contributed by atoms with van der Waals surface area (Å²) in [6.45, 7) is 0.442. The van der Waals surface area contributed by atoms with Gasteiger partial charge in [0.1, 0.15) is 17.6 Å². The second kappa shape index (κ2) is 9.57. The standard InChI is InChI=1S/C22H28N2O4/c1-26-17-7-3-15(4-8-17)13-20(16-5-9-18(27-2)10-6-16)24-22(25)21-12-11-19(14-23)28-21/h3-10,19-21H,11-14,23H2,1-2H3,(H,24,25)/t19-,20?,21+/m1/s1. The molecule has 1 amide bonds. The fourth-order valence-corrected chi connectivity index (χ4v) is 3.42. The van der Waals surface area contributed by atoms with Crippen molar-refractivity contribution in [3.05, 3.63) is 59.7 Å². The molecule has 0 spiro atoms. The number of hydrogen-bond donors (Lipinski definition) is 2. The lowest BCUT2D eigenvalue weighted by Crippen LogP contribution is -2.38. The van der Waals surface area contributed by atoms with E-state index in [9.17, 15) is 4.79 Å². The molecule has 28 heavy (non-hydrogen) atoms. The van der Waals surface area contributed by atoms with E-state index in [1.54, 1.807) is 14.2 Å². The maximum absolute atomic E-state index is 12.8. The van der Waals surface area contributed by atoms with Crippen LogP contribution in [0.25, 0.3) is 0 Å². The van der Waals surface area contributed by atoms with Gasteiger partial charge in [0.25, 0.3) is 0 Å². The van der Waals surface area contributed by atoms with Gasteiger partial charge >= 0.3 is 0 Å². The lowest BCUT2D eigenvalue weighted by atomic mass is 9.98. The van der Waals surface area contributed by atoms with E-state index in [2.05, 4.69) is 5.32 Å². The Labute approximate surface area is 166 Å². The normalized spacial score (nSPS) is 19.8. The van der Waals surface area contributed by atoms with Gasteiger partial charge in [-0.25, -0.2) is 0 Å². The van der Waals surface area contributed by atoms with Crippen molar-refractivity contribution in [1.29, 1.82) is 0 Å². The summed E-state index contributed by atoms with van der Waals surface area (Å²) in [5.74, 6) is 1.49. The maximum atomic E-state index is 12.8. The Hall–Kier alpha value is -2.57. The van der Waals surface area contributed by atoms with Crippen LogP contribution in [0.15, 0.2) is 48.5 Å². The SMILES string of the molecule is COc1ccc(CC(NC(=O)[C@@H]2CC[C@H](CN)O2)c2ccc(OC)cc2)cc1. The molecule has 1 saturated heterocycles. The van der Waals surface area contributed by atoms with Crippen LogP contribution in [0.2, 0.25) is 0 Å². The number of nitrogens with two attached hydrogens (primary N) is 1. The highest BCUT2D eigenvalue weighted by Crippen LogP contribution is 2.25. The number of methoxy groups -OCH3 is 2. The Balaban J connectivity index is 1.75. The summed E-state index contributed by atoms with van der Waals surface area (Å²) in [4.78, 5) is 12.8. The van der Waals surface area contributed by atoms with E-state index >= 15 is 0 Å². The molecule has 3 atom stereocenters. The van der Waals surface area contributed by atoms with E-state index < -0.39 is 6.10 Å². The number of hydrogen-bond acceptors (Lipinski definition) is 5. The molecule has 0 saturated carbocycles. The Bertz CT molecular complexity index is 761. The first kappa shape index (κ1) is 20.2. The molecule has 0 aromatic heterocycles. The second-order valence-electron chi connectivity index (χ2n) is 6.95. The molecule has 0 radical (unpaired) electrons. The van der Waals surface area contributed by atoms with Crippen LogP contribution >= 0.6 is 0 Å². The van der Waals surface area contributed by atoms with Crippen LogP contribution in [0.4, 0.5) is 0 Å². The van der Waals surface area contributed by atoms with E-state index in [0.29, 0.717) is 19.4 Å². The Kier molecular flexibility index (Phi) is 6.90. The predicted octanol–water partition coefficient (Wildman–Crippen LogP) is 2.61. The van der Waals surface area contributed by atoms with Crippen LogP contribution in [0.5, 0.6) is 11.5 Å². The van der Waals surface area contributed by atoms with Gasteiger partial charge in [0, 0.05) is 6.54 Å². The van der Waals surface area contributed by atoms with E-state index in [0.717, 1.165) is 29.0 Å². The molecule has 1 unspecified atom stereocenters. The molecule has 150 valence electrons. The van der Waals surface area contributed by atoms with Gasteiger partial charge in [0.05, 0.1) is 26.4 Å². The first-order chi connectivity index (χ1) is 13.6. The molecule has 1 heterocycles. The highest BCUT2D eigenvalue weighted by Gasteiger charge is 2.31. The lowest BCUT2D eigenvalue weighted by Gasteiger charge is -2.22. The summed E-state index contributed by atoms with van der Waals surface area (Å²) in [5, 5.41) is 3.16. The molecule has 3 N–H and O–H groups in total. The van der Waals surface area contributed by atoms with Crippen LogP contribution in [-0.2, 0) is 16.0 Å². The van der Waals surface area contributed by atoms with Crippen molar-refractivity contribution in [3.63, 3.8) is 0 Å². The Morgan fingerprint density at radius 1 is 1.07 bits per heavy atom. The Morgan fingerprint density at radius 2 is 1.68 bits per heavy atom. The first-order valence-corrected chi connectivity index (χ1v) is 9.55. The molecule has 2 aromatic rings. The van der Waals surface area contributed by atoms with Crippen LogP contribution in [0.1, 0.15) is 30.0 Å². The molecule has 0 bridgehead atoms. The lowest BCUT2D eigenvalue weighted by molar-refractivity contribution is -0.132. The molecule has 1 fully saturated rings. The first-order valence-electron chi connectivity index (χ1n) is 9.55. The Morgan fingerprint density at radius 3 is 2.21 bits per heavy atom. The number of benzene rings is 2. The fraction of sp³-hybridized carbons (Fsp3) is 0.409. The monoisotopic (exact) mass is 384 g/mol. The molecule has 2 aromatic carbocycles. The fourth-order valence-electron chi connectivity index (χ4n) is 3.42. The van der Waals surface area contributed by atoms with Crippen molar-refractivity contribution < 1.29 is 19.0 Å². The third kappa shape index (κ3) is 5.03. The van der Waals surface area contributed by atoms with E-state index in [-0.39, 0.29) is 18.1 Å². The van der Waals surface area contributed by atoms with Crippen LogP contribution < -0.4 is 20.5 Å². The van der Waals surface area contributed by atoms with Crippen molar-refractivity contribution in [3.8, 4) is 11.5 Å². The molecule has 6 heteroatoms. The zero-order chi connectivity index (χ0) is 19.9. The third-order valence-corrected chi connectivity index (χ3v) is 5.10. The third-order valence-electron chi connectivity index (χ3n) is 5.10. The number of amides is 1. The minimum absolute atomic E-state index is 0.0308. The van der Waals surface area contributed by atoms with Crippen molar-refractivity contribution >= 4 is 5.91 Å². The topological polar surface area (TPSA) is 82.8 Å². The summed E-state index contributed by atoms with van der Waals surface area (Å²) < 4.78 is 16.2. The maximum Gasteiger partial charge on any atom is 0.249 e. The van der Waals surface area contributed by atoms with Gasteiger partial charge in [0.2, 0.25) is 5.91 Å². The summed E-state index contributed by atoms with van der Waals surface area (Å²) in [7, 11) is 3.28. The highest BCUT2D eigenvalue weighted by atomic mass is 16.5. The molecule has 3 rings (SSSR count). The smallest absolute Gasteiger partial charge is 0.249 e. The van der Waals surface area contributed by atoms with Crippen molar-refractivity contribution in [2.24, 2.45) is 5.73 Å². The van der Waals surface area contributed by atoms with E-state index in [1.807, 2.05) is 48.5 Å². The van der Waals surface area contributed by atoms with Crippen molar-refractivity contribution in [2.45, 2.75) is 37.5 Å². The van der Waals surface area contributed by atoms with Crippen LogP contribution in [0, 0.1) is 0 Å². The number of rotatable bonds is 8. The number of ether oxygens (including phenoxy) is 3. The van der Waals surface area contributed by atoms with Crippen LogP contribution in [0.3, 0.4) is 0 Å². The second-order valence-corrected chi connectivity index (χ2v) is 6.95. The zero-order valence-corrected chi connectivity index (χ0v) is 16.4. The highest BCUT2D eigenvalue weighted by molar-refractivity contribution is 5.81. The number of carbonyl (C=O) groups excluding carboxylic acids is 1. The van der Waals surface area contributed by atoms with Crippen LogP contribution in [-0.4, -0.2) is 38.9 Å². The van der Waals surface area contributed by atoms with Gasteiger partial charge in [-0.3, -0.25) is 4.79 Å². The van der Waals surface area contributed by atoms with Gasteiger partial charge in [-0.1, -0.05) is 24.3 Å². The predicted molar refractivity (Wildman–Crippen MR) is 108 cm³/mol. The zero-order valence-electron chi connectivity index (χ0n) is 16.4. The van der Waals surface area contributed by atoms with E-state index in [1.165, 1.54) is 0 Å². The average Bonchev–Trinajstić information content (AvgIpc) is 3.23. The minimum atomic E-state index is -0.440. The number of carbonyl (C=O) groups is 1. The van der Waals surface area contributed by atoms with Gasteiger partial charge in [-0.2, -0.15) is 0 Å². The van der Waals surface area contributed by atoms with E-state index in [4.69, 9.17) is 19.9 Å². The van der Waals surface area contributed by atoms with Gasteiger partial charge < -0.3 is 25.3 Å². The number of nitrogens with one attached hydrogen (secondary N) is 1. The average molecular weight is 384 g/mol. The molecule has 1 aliphatic heterocycles.